The molecule has 1 amide bonds. The monoisotopic (exact) mass is 410 g/mol. The Hall–Kier alpha value is -1.41. The zero-order chi connectivity index (χ0) is 19.0. The number of amidine groups is 1. The number of hydrogen-bond acceptors (Lipinski definition) is 4. The largest absolute Gasteiger partial charge is 0.316 e. The highest BCUT2D eigenvalue weighted by Crippen LogP contribution is 2.41. The lowest BCUT2D eigenvalue weighted by molar-refractivity contribution is -0.118. The number of nitrogens with zero attached hydrogens (tertiary/aromatic N) is 2. The molecule has 146 valence electrons. The maximum atomic E-state index is 13.3. The van der Waals surface area contributed by atoms with Crippen LogP contribution >= 0.6 is 11.8 Å². The number of sulfone groups is 1. The van der Waals surface area contributed by atoms with Gasteiger partial charge in [-0.25, -0.2) is 12.8 Å². The zero-order valence-corrected chi connectivity index (χ0v) is 16.6. The molecule has 3 fully saturated rings. The Bertz CT molecular complexity index is 848. The van der Waals surface area contributed by atoms with Crippen LogP contribution in [0.15, 0.2) is 29.3 Å². The Morgan fingerprint density at radius 3 is 2.59 bits per heavy atom. The summed E-state index contributed by atoms with van der Waals surface area (Å²) >= 11 is 1.36. The van der Waals surface area contributed by atoms with Crippen LogP contribution in [-0.2, 0) is 14.6 Å². The van der Waals surface area contributed by atoms with E-state index in [9.17, 15) is 17.6 Å². The van der Waals surface area contributed by atoms with Gasteiger partial charge in [-0.2, -0.15) is 4.99 Å². The Morgan fingerprint density at radius 1 is 1.19 bits per heavy atom. The molecule has 0 aromatic heterocycles. The van der Waals surface area contributed by atoms with E-state index in [1.165, 1.54) is 49.6 Å². The molecule has 8 heteroatoms. The second-order valence-electron chi connectivity index (χ2n) is 7.62. The van der Waals surface area contributed by atoms with Crippen LogP contribution in [-0.4, -0.2) is 42.3 Å². The molecule has 0 spiro atoms. The van der Waals surface area contributed by atoms with Gasteiger partial charge in [-0.05, 0) is 36.6 Å². The second-order valence-corrected chi connectivity index (χ2v) is 11.0. The van der Waals surface area contributed by atoms with Crippen molar-refractivity contribution < 1.29 is 17.6 Å². The third-order valence-electron chi connectivity index (χ3n) is 5.63. The van der Waals surface area contributed by atoms with Crippen molar-refractivity contribution in [3.05, 3.63) is 30.1 Å². The van der Waals surface area contributed by atoms with E-state index in [2.05, 4.69) is 4.99 Å². The molecule has 2 atom stereocenters. The quantitative estimate of drug-likeness (QED) is 0.761. The molecule has 0 bridgehead atoms. The summed E-state index contributed by atoms with van der Waals surface area (Å²) in [7, 11) is -3.10. The molecular weight excluding hydrogens is 387 g/mol. The van der Waals surface area contributed by atoms with Crippen molar-refractivity contribution in [1.82, 2.24) is 0 Å². The minimum atomic E-state index is -3.10. The molecule has 2 aliphatic heterocycles. The van der Waals surface area contributed by atoms with Gasteiger partial charge in [-0.15, -0.1) is 0 Å². The highest BCUT2D eigenvalue weighted by atomic mass is 32.2. The summed E-state index contributed by atoms with van der Waals surface area (Å²) < 4.78 is 37.4. The van der Waals surface area contributed by atoms with Crippen LogP contribution in [0.3, 0.4) is 0 Å². The molecule has 1 aromatic carbocycles. The minimum Gasteiger partial charge on any atom is -0.316 e. The number of thioether (sulfide) groups is 1. The molecular formula is C19H23FN2O3S2. The van der Waals surface area contributed by atoms with Gasteiger partial charge in [0.15, 0.2) is 15.0 Å². The van der Waals surface area contributed by atoms with Gasteiger partial charge in [0.1, 0.15) is 5.82 Å². The third kappa shape index (κ3) is 4.21. The van der Waals surface area contributed by atoms with Crippen molar-refractivity contribution in [3.63, 3.8) is 0 Å². The van der Waals surface area contributed by atoms with Gasteiger partial charge in [-0.1, -0.05) is 37.4 Å². The van der Waals surface area contributed by atoms with Crippen LogP contribution < -0.4 is 4.90 Å². The normalized spacial score (nSPS) is 28.8. The predicted molar refractivity (Wildman–Crippen MR) is 106 cm³/mol. The Kier molecular flexibility index (Phi) is 5.29. The van der Waals surface area contributed by atoms with Crippen molar-refractivity contribution in [2.24, 2.45) is 10.9 Å². The van der Waals surface area contributed by atoms with Gasteiger partial charge >= 0.3 is 0 Å². The maximum Gasteiger partial charge on any atom is 0.248 e. The fourth-order valence-electron chi connectivity index (χ4n) is 4.26. The summed E-state index contributed by atoms with van der Waals surface area (Å²) in [5.74, 6) is 0.252. The number of aliphatic imine (C=N–C) groups is 1. The molecule has 5 nitrogen and oxygen atoms in total. The average molecular weight is 411 g/mol. The third-order valence-corrected chi connectivity index (χ3v) is 8.84. The SMILES string of the molecule is O=C(CCC1CCCC1)N=C1S[C@@H]2CS(=O)(=O)C[C@H]2N1c1ccc(F)cc1. The first-order valence-corrected chi connectivity index (χ1v) is 12.1. The number of anilines is 1. The van der Waals surface area contributed by atoms with Gasteiger partial charge in [0.05, 0.1) is 17.5 Å². The molecule has 2 saturated heterocycles. The van der Waals surface area contributed by atoms with Crippen molar-refractivity contribution in [1.29, 1.82) is 0 Å². The van der Waals surface area contributed by atoms with Gasteiger partial charge in [-0.3, -0.25) is 4.79 Å². The van der Waals surface area contributed by atoms with E-state index in [0.29, 0.717) is 23.2 Å². The van der Waals surface area contributed by atoms with Crippen LogP contribution in [0, 0.1) is 11.7 Å². The number of carbonyl (C=O) groups excluding carboxylic acids is 1. The van der Waals surface area contributed by atoms with Crippen LogP contribution in [0.1, 0.15) is 38.5 Å². The highest BCUT2D eigenvalue weighted by molar-refractivity contribution is 8.16. The van der Waals surface area contributed by atoms with Gasteiger partial charge in [0, 0.05) is 17.4 Å². The Labute approximate surface area is 163 Å². The molecule has 27 heavy (non-hydrogen) atoms. The lowest BCUT2D eigenvalue weighted by Crippen LogP contribution is -2.37. The standard InChI is InChI=1S/C19H23FN2O3S2/c20-14-6-8-15(9-7-14)22-16-11-27(24,25)12-17(16)26-19(22)21-18(23)10-5-13-3-1-2-4-13/h6-9,13,16-17H,1-5,10-12H2/t16-,17-/m1/s1. The Morgan fingerprint density at radius 2 is 1.89 bits per heavy atom. The van der Waals surface area contributed by atoms with Crippen LogP contribution in [0.25, 0.3) is 0 Å². The van der Waals surface area contributed by atoms with Crippen molar-refractivity contribution in [2.75, 3.05) is 16.4 Å². The number of halogens is 1. The molecule has 0 unspecified atom stereocenters. The number of amides is 1. The summed E-state index contributed by atoms with van der Waals surface area (Å²) in [5.41, 5.74) is 0.677. The fraction of sp³-hybridized carbons (Fsp3) is 0.579. The van der Waals surface area contributed by atoms with E-state index in [1.54, 1.807) is 12.1 Å². The number of benzene rings is 1. The van der Waals surface area contributed by atoms with Gasteiger partial charge < -0.3 is 4.90 Å². The molecule has 1 aliphatic carbocycles. The summed E-state index contributed by atoms with van der Waals surface area (Å²) in [6, 6.07) is 5.66. The summed E-state index contributed by atoms with van der Waals surface area (Å²) in [6.07, 6.45) is 6.20. The lowest BCUT2D eigenvalue weighted by Gasteiger charge is -2.24. The van der Waals surface area contributed by atoms with Crippen LogP contribution in [0.5, 0.6) is 0 Å². The van der Waals surface area contributed by atoms with Gasteiger partial charge in [0.2, 0.25) is 5.91 Å². The average Bonchev–Trinajstić information content (AvgIpc) is 3.29. The number of hydrogen-bond donors (Lipinski definition) is 0. The summed E-state index contributed by atoms with van der Waals surface area (Å²) in [6.45, 7) is 0. The molecule has 0 radical (unpaired) electrons. The number of carbonyl (C=O) groups is 1. The first kappa shape index (κ1) is 18.9. The smallest absolute Gasteiger partial charge is 0.248 e. The number of rotatable bonds is 4. The number of fused-ring (bicyclic) bond motifs is 1. The fourth-order valence-corrected chi connectivity index (χ4v) is 8.19. The van der Waals surface area contributed by atoms with Crippen LogP contribution in [0.2, 0.25) is 0 Å². The van der Waals surface area contributed by atoms with Crippen molar-refractivity contribution in [2.45, 2.75) is 49.8 Å². The maximum absolute atomic E-state index is 13.3. The van der Waals surface area contributed by atoms with Crippen LogP contribution in [0.4, 0.5) is 10.1 Å². The molecule has 0 N–H and O–H groups in total. The first-order valence-electron chi connectivity index (χ1n) is 9.45. The molecule has 1 saturated carbocycles. The molecule has 3 aliphatic rings. The summed E-state index contributed by atoms with van der Waals surface area (Å²) in [4.78, 5) is 18.6. The van der Waals surface area contributed by atoms with E-state index in [4.69, 9.17) is 0 Å². The first-order chi connectivity index (χ1) is 12.9. The summed E-state index contributed by atoms with van der Waals surface area (Å²) in [5, 5.41) is 0.407. The predicted octanol–water partition coefficient (Wildman–Crippen LogP) is 3.40. The van der Waals surface area contributed by atoms with E-state index < -0.39 is 9.84 Å². The highest BCUT2D eigenvalue weighted by Gasteiger charge is 2.49. The topological polar surface area (TPSA) is 66.8 Å². The van der Waals surface area contributed by atoms with E-state index in [0.717, 1.165) is 6.42 Å². The zero-order valence-electron chi connectivity index (χ0n) is 15.0. The second kappa shape index (κ2) is 7.54. The molecule has 2 heterocycles. The van der Waals surface area contributed by atoms with Gasteiger partial charge in [0.25, 0.3) is 0 Å². The van der Waals surface area contributed by atoms with Crippen molar-refractivity contribution >= 4 is 38.4 Å². The lowest BCUT2D eigenvalue weighted by atomic mass is 10.0. The van der Waals surface area contributed by atoms with E-state index >= 15 is 0 Å². The van der Waals surface area contributed by atoms with Crippen molar-refractivity contribution in [3.8, 4) is 0 Å². The molecule has 4 rings (SSSR count). The Balaban J connectivity index is 1.54. The van der Waals surface area contributed by atoms with E-state index in [1.807, 2.05) is 4.90 Å². The minimum absolute atomic E-state index is 0.0390. The molecule has 1 aromatic rings. The van der Waals surface area contributed by atoms with E-state index in [-0.39, 0.29) is 34.5 Å².